The zero-order valence-corrected chi connectivity index (χ0v) is 18.1. The fourth-order valence-corrected chi connectivity index (χ4v) is 3.58. The Bertz CT molecular complexity index is 1320. The molecular weight excluding hydrogens is 418 g/mol. The average Bonchev–Trinajstić information content (AvgIpc) is 3.10. The largest absolute Gasteiger partial charge is 0.507 e. The smallest absolute Gasteiger partial charge is 0.281 e. The van der Waals surface area contributed by atoms with Crippen molar-refractivity contribution in [1.29, 1.82) is 0 Å². The van der Waals surface area contributed by atoms with Gasteiger partial charge in [-0.15, -0.1) is 0 Å². The number of phenolic OH excluding ortho intramolecular Hbond substituents is 1. The fourth-order valence-electron chi connectivity index (χ4n) is 3.58. The quantitative estimate of drug-likeness (QED) is 0.323. The highest BCUT2D eigenvalue weighted by atomic mass is 16.6. The molecule has 7 heteroatoms. The first-order chi connectivity index (χ1) is 15.8. The maximum atomic E-state index is 13.4. The number of aryl methyl sites for hydroxylation is 1. The lowest BCUT2D eigenvalue weighted by atomic mass is 9.95. The molecule has 1 aliphatic heterocycles. The Morgan fingerprint density at radius 2 is 1.73 bits per heavy atom. The summed E-state index contributed by atoms with van der Waals surface area (Å²) in [6.07, 6.45) is 3.25. The van der Waals surface area contributed by atoms with E-state index in [1.54, 1.807) is 31.2 Å². The summed E-state index contributed by atoms with van der Waals surface area (Å²) in [6, 6.07) is 20.6. The van der Waals surface area contributed by atoms with Crippen molar-refractivity contribution in [2.24, 2.45) is 5.10 Å². The van der Waals surface area contributed by atoms with E-state index in [1.165, 1.54) is 23.2 Å². The number of hydrazone groups is 1. The normalized spacial score (nSPS) is 15.2. The lowest BCUT2D eigenvalue weighted by molar-refractivity contribution is -0.384. The molecule has 3 aromatic rings. The van der Waals surface area contributed by atoms with Gasteiger partial charge in [0.2, 0.25) is 0 Å². The van der Waals surface area contributed by atoms with Gasteiger partial charge in [0.25, 0.3) is 11.6 Å². The van der Waals surface area contributed by atoms with Crippen molar-refractivity contribution in [3.8, 4) is 5.75 Å². The Morgan fingerprint density at radius 3 is 2.39 bits per heavy atom. The predicted octanol–water partition coefficient (Wildman–Crippen LogP) is 5.50. The number of nitro benzene ring substituents is 1. The van der Waals surface area contributed by atoms with Crippen LogP contribution in [0, 0.1) is 17.0 Å². The molecule has 4 rings (SSSR count). The highest BCUT2D eigenvalue weighted by Crippen LogP contribution is 2.32. The number of carbonyl (C=O) groups excluding carboxylic acids is 1. The van der Waals surface area contributed by atoms with Gasteiger partial charge in [-0.3, -0.25) is 14.9 Å². The number of phenols is 1. The molecule has 0 fully saturated rings. The zero-order chi connectivity index (χ0) is 23.5. The molecule has 33 heavy (non-hydrogen) atoms. The van der Waals surface area contributed by atoms with Crippen molar-refractivity contribution in [2.75, 3.05) is 5.01 Å². The van der Waals surface area contributed by atoms with E-state index in [-0.39, 0.29) is 22.9 Å². The number of allylic oxidation sites excluding steroid dienone is 2. The summed E-state index contributed by atoms with van der Waals surface area (Å²) in [5, 5.41) is 27.2. The highest BCUT2D eigenvalue weighted by Gasteiger charge is 2.31. The molecule has 0 aliphatic carbocycles. The monoisotopic (exact) mass is 439 g/mol. The Morgan fingerprint density at radius 1 is 1.03 bits per heavy atom. The molecule has 1 amide bonds. The number of hydrogen-bond acceptors (Lipinski definition) is 5. The number of aromatic hydroxyl groups is 1. The maximum Gasteiger partial charge on any atom is 0.281 e. The zero-order valence-electron chi connectivity index (χ0n) is 18.1. The van der Waals surface area contributed by atoms with Crippen LogP contribution in [-0.2, 0) is 4.79 Å². The lowest BCUT2D eigenvalue weighted by Crippen LogP contribution is -2.21. The summed E-state index contributed by atoms with van der Waals surface area (Å²) in [4.78, 5) is 24.0. The van der Waals surface area contributed by atoms with Crippen LogP contribution >= 0.6 is 0 Å². The number of hydrogen-bond donors (Lipinski definition) is 1. The Balaban J connectivity index is 1.84. The number of non-ortho nitro benzene ring substituents is 1. The Hall–Kier alpha value is -4.52. The van der Waals surface area contributed by atoms with Crippen LogP contribution < -0.4 is 5.01 Å². The van der Waals surface area contributed by atoms with Crippen LogP contribution in [0.1, 0.15) is 23.6 Å². The number of benzene rings is 3. The minimum absolute atomic E-state index is 0.0980. The molecule has 0 unspecified atom stereocenters. The van der Waals surface area contributed by atoms with Crippen molar-refractivity contribution in [3.05, 3.63) is 111 Å². The molecular formula is C26H21N3O4. The number of para-hydroxylation sites is 1. The van der Waals surface area contributed by atoms with E-state index >= 15 is 0 Å². The second kappa shape index (κ2) is 8.92. The average molecular weight is 439 g/mol. The molecule has 164 valence electrons. The Labute approximate surface area is 190 Å². The first-order valence-electron chi connectivity index (χ1n) is 10.3. The van der Waals surface area contributed by atoms with E-state index in [4.69, 9.17) is 0 Å². The van der Waals surface area contributed by atoms with Gasteiger partial charge in [-0.05, 0) is 43.2 Å². The van der Waals surface area contributed by atoms with Crippen molar-refractivity contribution in [2.45, 2.75) is 13.8 Å². The first-order valence-corrected chi connectivity index (χ1v) is 10.3. The molecule has 3 aromatic carbocycles. The van der Waals surface area contributed by atoms with Crippen molar-refractivity contribution in [3.63, 3.8) is 0 Å². The standard InChI is InChI=1S/C26H21N3O4/c1-17-8-10-19(11-9-17)23(14-12-20-16-22(29(32)33)13-15-24(20)30)25-18(2)27-28(26(25)31)21-6-4-3-5-7-21/h3-16,30H,1-2H3/b14-12+,25-23+. The highest BCUT2D eigenvalue weighted by molar-refractivity contribution is 6.34. The fraction of sp³-hybridized carbons (Fsp3) is 0.0769. The molecule has 1 aliphatic rings. The van der Waals surface area contributed by atoms with Gasteiger partial charge >= 0.3 is 0 Å². The SMILES string of the molecule is CC1=NN(c2ccccc2)C(=O)/C1=C(\C=C\c1cc([N+](=O)[O-])ccc1O)c1ccc(C)cc1. The summed E-state index contributed by atoms with van der Waals surface area (Å²) in [6.45, 7) is 3.74. The first kappa shape index (κ1) is 21.7. The number of carbonyl (C=O) groups is 1. The van der Waals surface area contributed by atoms with E-state index in [2.05, 4.69) is 5.10 Å². The van der Waals surface area contributed by atoms with Crippen molar-refractivity contribution >= 4 is 34.6 Å². The third-order valence-corrected chi connectivity index (χ3v) is 5.30. The van der Waals surface area contributed by atoms with Crippen LogP contribution in [0.2, 0.25) is 0 Å². The van der Waals surface area contributed by atoms with Gasteiger partial charge in [0.15, 0.2) is 0 Å². The molecule has 7 nitrogen and oxygen atoms in total. The van der Waals surface area contributed by atoms with E-state index < -0.39 is 4.92 Å². The van der Waals surface area contributed by atoms with E-state index in [9.17, 15) is 20.0 Å². The van der Waals surface area contributed by atoms with E-state index in [1.807, 2.05) is 49.4 Å². The predicted molar refractivity (Wildman–Crippen MR) is 129 cm³/mol. The van der Waals surface area contributed by atoms with Crippen LogP contribution in [-0.4, -0.2) is 21.6 Å². The van der Waals surface area contributed by atoms with E-state index in [0.29, 0.717) is 22.5 Å². The molecule has 0 radical (unpaired) electrons. The van der Waals surface area contributed by atoms with Gasteiger partial charge in [0.1, 0.15) is 5.75 Å². The van der Waals surface area contributed by atoms with Crippen LogP contribution in [0.25, 0.3) is 11.6 Å². The second-order valence-corrected chi connectivity index (χ2v) is 7.63. The lowest BCUT2D eigenvalue weighted by Gasteiger charge is -2.13. The van der Waals surface area contributed by atoms with Crippen LogP contribution in [0.15, 0.2) is 89.5 Å². The summed E-state index contributed by atoms with van der Waals surface area (Å²) in [7, 11) is 0. The summed E-state index contributed by atoms with van der Waals surface area (Å²) < 4.78 is 0. The minimum Gasteiger partial charge on any atom is -0.507 e. The second-order valence-electron chi connectivity index (χ2n) is 7.63. The summed E-state index contributed by atoms with van der Waals surface area (Å²) in [5.41, 5.74) is 4.21. The summed E-state index contributed by atoms with van der Waals surface area (Å²) >= 11 is 0. The topological polar surface area (TPSA) is 96.0 Å². The van der Waals surface area contributed by atoms with Crippen LogP contribution in [0.3, 0.4) is 0 Å². The minimum atomic E-state index is -0.523. The molecule has 0 aromatic heterocycles. The summed E-state index contributed by atoms with van der Waals surface area (Å²) in [5.74, 6) is -0.374. The number of anilines is 1. The number of nitrogens with zero attached hydrogens (tertiary/aromatic N) is 3. The van der Waals surface area contributed by atoms with Gasteiger partial charge in [-0.2, -0.15) is 10.1 Å². The van der Waals surface area contributed by atoms with Gasteiger partial charge < -0.3 is 5.11 Å². The van der Waals surface area contributed by atoms with E-state index in [0.717, 1.165) is 11.1 Å². The number of nitro groups is 1. The molecule has 0 saturated carbocycles. The van der Waals surface area contributed by atoms with Gasteiger partial charge in [0, 0.05) is 17.7 Å². The van der Waals surface area contributed by atoms with Gasteiger partial charge in [0.05, 0.1) is 21.9 Å². The molecule has 0 atom stereocenters. The van der Waals surface area contributed by atoms with Crippen LogP contribution in [0.5, 0.6) is 5.75 Å². The molecule has 0 saturated heterocycles. The van der Waals surface area contributed by atoms with Crippen LogP contribution in [0.4, 0.5) is 11.4 Å². The third kappa shape index (κ3) is 4.43. The maximum absolute atomic E-state index is 13.4. The molecule has 0 bridgehead atoms. The molecule has 1 heterocycles. The van der Waals surface area contributed by atoms with Crippen molar-refractivity contribution < 1.29 is 14.8 Å². The van der Waals surface area contributed by atoms with Crippen molar-refractivity contribution in [1.82, 2.24) is 0 Å². The third-order valence-electron chi connectivity index (χ3n) is 5.30. The molecule has 1 N–H and O–H groups in total. The number of rotatable bonds is 5. The van der Waals surface area contributed by atoms with Gasteiger partial charge in [-0.1, -0.05) is 60.2 Å². The molecule has 0 spiro atoms. The Kier molecular flexibility index (Phi) is 5.87. The number of amides is 1. The van der Waals surface area contributed by atoms with Gasteiger partial charge in [-0.25, -0.2) is 0 Å².